The van der Waals surface area contributed by atoms with Crippen molar-refractivity contribution in [3.05, 3.63) is 54.6 Å². The summed E-state index contributed by atoms with van der Waals surface area (Å²) in [6.07, 6.45) is 0. The van der Waals surface area contributed by atoms with Gasteiger partial charge in [-0.15, -0.1) is 0 Å². The number of fused-ring (bicyclic) bond motifs is 1. The van der Waals surface area contributed by atoms with E-state index in [-0.39, 0.29) is 0 Å². The van der Waals surface area contributed by atoms with E-state index in [0.29, 0.717) is 0 Å². The molecule has 0 radical (unpaired) electrons. The average molecular weight is 210 g/mol. The van der Waals surface area contributed by atoms with Crippen LogP contribution in [-0.2, 0) is 7.05 Å². The fraction of sp³-hybridized carbons (Fsp3) is 0.0714. The molecule has 0 fully saturated rings. The van der Waals surface area contributed by atoms with E-state index in [2.05, 4.69) is 22.8 Å². The molecule has 0 atom stereocenters. The molecule has 0 bridgehead atoms. The van der Waals surface area contributed by atoms with Gasteiger partial charge >= 0.3 is 5.89 Å². The third-order valence-corrected chi connectivity index (χ3v) is 2.76. The molecule has 0 aliphatic carbocycles. The van der Waals surface area contributed by atoms with Gasteiger partial charge in [-0.05, 0) is 18.2 Å². The molecule has 78 valence electrons. The van der Waals surface area contributed by atoms with Crippen molar-refractivity contribution in [3.63, 3.8) is 0 Å². The molecule has 3 rings (SSSR count). The summed E-state index contributed by atoms with van der Waals surface area (Å²) in [5.41, 5.74) is 3.13. The van der Waals surface area contributed by atoms with Crippen molar-refractivity contribution < 1.29 is 8.98 Å². The lowest BCUT2D eigenvalue weighted by molar-refractivity contribution is -0.637. The summed E-state index contributed by atoms with van der Waals surface area (Å²) in [4.78, 5) is 0. The summed E-state index contributed by atoms with van der Waals surface area (Å²) in [7, 11) is 2.02. The van der Waals surface area contributed by atoms with Gasteiger partial charge in [0.05, 0.1) is 5.56 Å². The molecule has 0 saturated carbocycles. The molecule has 0 aliphatic heterocycles. The Morgan fingerprint density at radius 1 is 0.875 bits per heavy atom. The Bertz CT molecular complexity index is 626. The Balaban J connectivity index is 2.29. The van der Waals surface area contributed by atoms with E-state index in [1.54, 1.807) is 0 Å². The molecule has 0 saturated heterocycles. The van der Waals surface area contributed by atoms with Crippen LogP contribution in [0.3, 0.4) is 0 Å². The highest BCUT2D eigenvalue weighted by molar-refractivity contribution is 5.71. The number of rotatable bonds is 1. The highest BCUT2D eigenvalue weighted by Gasteiger charge is 2.19. The lowest BCUT2D eigenvalue weighted by Gasteiger charge is -1.90. The third kappa shape index (κ3) is 1.31. The van der Waals surface area contributed by atoms with Gasteiger partial charge in [-0.1, -0.05) is 30.3 Å². The summed E-state index contributed by atoms with van der Waals surface area (Å²) >= 11 is 0. The zero-order valence-corrected chi connectivity index (χ0v) is 9.05. The second kappa shape index (κ2) is 3.49. The average Bonchev–Trinajstić information content (AvgIpc) is 2.69. The molecule has 1 aromatic heterocycles. The van der Waals surface area contributed by atoms with Crippen LogP contribution in [0.2, 0.25) is 0 Å². The molecular weight excluding hydrogens is 198 g/mol. The van der Waals surface area contributed by atoms with Gasteiger partial charge in [0.1, 0.15) is 7.05 Å². The second-order valence-corrected chi connectivity index (χ2v) is 3.80. The van der Waals surface area contributed by atoms with Gasteiger partial charge in [0, 0.05) is 6.07 Å². The zero-order chi connectivity index (χ0) is 11.0. The molecular formula is C14H12NO+. The van der Waals surface area contributed by atoms with Crippen LogP contribution in [0, 0.1) is 0 Å². The molecule has 2 nitrogen and oxygen atoms in total. The van der Waals surface area contributed by atoms with Crippen molar-refractivity contribution in [2.24, 2.45) is 7.05 Å². The predicted octanol–water partition coefficient (Wildman–Crippen LogP) is 2.92. The number of oxazole rings is 1. The van der Waals surface area contributed by atoms with Crippen molar-refractivity contribution >= 4 is 11.1 Å². The van der Waals surface area contributed by atoms with Crippen LogP contribution in [0.15, 0.2) is 59.0 Å². The minimum Gasteiger partial charge on any atom is -0.398 e. The number of nitrogens with zero attached hydrogens (tertiary/aromatic N) is 1. The van der Waals surface area contributed by atoms with Crippen molar-refractivity contribution in [2.45, 2.75) is 0 Å². The molecule has 0 amide bonds. The maximum atomic E-state index is 5.85. The van der Waals surface area contributed by atoms with E-state index in [1.807, 2.05) is 43.4 Å². The number of hydrogen-bond acceptors (Lipinski definition) is 1. The van der Waals surface area contributed by atoms with Gasteiger partial charge < -0.3 is 4.42 Å². The summed E-state index contributed by atoms with van der Waals surface area (Å²) in [5, 5.41) is 0. The lowest BCUT2D eigenvalue weighted by atomic mass is 10.2. The van der Waals surface area contributed by atoms with Gasteiger partial charge in [0.25, 0.3) is 5.52 Å². The SMILES string of the molecule is C[n+]1c(-c2ccccc2)oc2ccccc21. The van der Waals surface area contributed by atoms with Crippen LogP contribution >= 0.6 is 0 Å². The summed E-state index contributed by atoms with van der Waals surface area (Å²) in [6, 6.07) is 18.2. The van der Waals surface area contributed by atoms with Gasteiger partial charge in [0.15, 0.2) is 0 Å². The van der Waals surface area contributed by atoms with Crippen molar-refractivity contribution in [2.75, 3.05) is 0 Å². The van der Waals surface area contributed by atoms with Gasteiger partial charge in [-0.3, -0.25) is 0 Å². The monoisotopic (exact) mass is 210 g/mol. The second-order valence-electron chi connectivity index (χ2n) is 3.80. The number of aromatic nitrogens is 1. The smallest absolute Gasteiger partial charge is 0.381 e. The van der Waals surface area contributed by atoms with E-state index in [4.69, 9.17) is 4.42 Å². The normalized spacial score (nSPS) is 10.8. The number of para-hydroxylation sites is 2. The van der Waals surface area contributed by atoms with E-state index in [1.165, 1.54) is 0 Å². The molecule has 0 aliphatic rings. The summed E-state index contributed by atoms with van der Waals surface area (Å²) < 4.78 is 7.92. The summed E-state index contributed by atoms with van der Waals surface area (Å²) in [5.74, 6) is 0.891. The highest BCUT2D eigenvalue weighted by atomic mass is 16.4. The maximum Gasteiger partial charge on any atom is 0.381 e. The molecule has 2 aromatic carbocycles. The Morgan fingerprint density at radius 3 is 2.31 bits per heavy atom. The standard InChI is InChI=1S/C14H12NO/c1-15-12-9-5-6-10-13(12)16-14(15)11-7-3-2-4-8-11/h2-10H,1H3/q+1. The molecule has 0 N–H and O–H groups in total. The van der Waals surface area contributed by atoms with E-state index in [9.17, 15) is 0 Å². The van der Waals surface area contributed by atoms with Crippen LogP contribution in [0.5, 0.6) is 0 Å². The predicted molar refractivity (Wildman–Crippen MR) is 62.8 cm³/mol. The van der Waals surface area contributed by atoms with E-state index >= 15 is 0 Å². The number of benzene rings is 2. The quantitative estimate of drug-likeness (QED) is 0.564. The third-order valence-electron chi connectivity index (χ3n) is 2.76. The Kier molecular flexibility index (Phi) is 2.00. The minimum atomic E-state index is 0.891. The molecule has 3 aromatic rings. The molecule has 1 heterocycles. The Labute approximate surface area is 93.8 Å². The first-order chi connectivity index (χ1) is 7.86. The highest BCUT2D eigenvalue weighted by Crippen LogP contribution is 2.21. The van der Waals surface area contributed by atoms with Crippen molar-refractivity contribution in [1.82, 2.24) is 0 Å². The van der Waals surface area contributed by atoms with Crippen LogP contribution < -0.4 is 4.57 Å². The Hall–Kier alpha value is -2.09. The first kappa shape index (κ1) is 9.16. The maximum absolute atomic E-state index is 5.85. The van der Waals surface area contributed by atoms with Gasteiger partial charge in [-0.25, -0.2) is 0 Å². The first-order valence-corrected chi connectivity index (χ1v) is 5.29. The Morgan fingerprint density at radius 2 is 1.56 bits per heavy atom. The molecule has 16 heavy (non-hydrogen) atoms. The fourth-order valence-electron chi connectivity index (χ4n) is 1.94. The fourth-order valence-corrected chi connectivity index (χ4v) is 1.94. The van der Waals surface area contributed by atoms with Crippen LogP contribution in [0.4, 0.5) is 0 Å². The van der Waals surface area contributed by atoms with Gasteiger partial charge in [-0.2, -0.15) is 4.57 Å². The van der Waals surface area contributed by atoms with E-state index < -0.39 is 0 Å². The summed E-state index contributed by atoms with van der Waals surface area (Å²) in [6.45, 7) is 0. The van der Waals surface area contributed by atoms with Crippen LogP contribution in [0.1, 0.15) is 0 Å². The zero-order valence-electron chi connectivity index (χ0n) is 9.05. The molecule has 2 heteroatoms. The molecule has 0 spiro atoms. The first-order valence-electron chi connectivity index (χ1n) is 5.29. The minimum absolute atomic E-state index is 0.891. The number of aryl methyl sites for hydroxylation is 1. The van der Waals surface area contributed by atoms with Gasteiger partial charge in [0.2, 0.25) is 5.58 Å². The molecule has 0 unspecified atom stereocenters. The lowest BCUT2D eigenvalue weighted by Crippen LogP contribution is -2.28. The van der Waals surface area contributed by atoms with Crippen molar-refractivity contribution in [3.8, 4) is 11.5 Å². The largest absolute Gasteiger partial charge is 0.398 e. The number of hydrogen-bond donors (Lipinski definition) is 0. The topological polar surface area (TPSA) is 17.0 Å². The van der Waals surface area contributed by atoms with Crippen LogP contribution in [0.25, 0.3) is 22.6 Å². The van der Waals surface area contributed by atoms with E-state index in [0.717, 1.165) is 22.6 Å². The van der Waals surface area contributed by atoms with Crippen LogP contribution in [-0.4, -0.2) is 0 Å². The van der Waals surface area contributed by atoms with Crippen molar-refractivity contribution in [1.29, 1.82) is 0 Å².